The molecule has 0 atom stereocenters. The highest BCUT2D eigenvalue weighted by molar-refractivity contribution is 7.99. The van der Waals surface area contributed by atoms with Crippen molar-refractivity contribution < 1.29 is 0 Å². The molecule has 0 amide bonds. The van der Waals surface area contributed by atoms with Gasteiger partial charge in [-0.3, -0.25) is 0 Å². The SMILES string of the molecule is CCNc1ncnc(SCC(C)C)c1C. The summed E-state index contributed by atoms with van der Waals surface area (Å²) >= 11 is 1.80. The summed E-state index contributed by atoms with van der Waals surface area (Å²) in [6.45, 7) is 9.47. The second-order valence-electron chi connectivity index (χ2n) is 3.89. The Morgan fingerprint density at radius 1 is 1.40 bits per heavy atom. The van der Waals surface area contributed by atoms with E-state index in [0.29, 0.717) is 5.92 Å². The fourth-order valence-electron chi connectivity index (χ4n) is 1.17. The molecule has 0 spiro atoms. The van der Waals surface area contributed by atoms with E-state index in [1.54, 1.807) is 18.1 Å². The first-order valence-corrected chi connectivity index (χ1v) is 6.32. The molecule has 0 fully saturated rings. The minimum atomic E-state index is 0.687. The summed E-state index contributed by atoms with van der Waals surface area (Å²) < 4.78 is 0. The third-order valence-corrected chi connectivity index (χ3v) is 3.45. The normalized spacial score (nSPS) is 10.7. The number of anilines is 1. The molecular formula is C11H19N3S. The Kier molecular flexibility index (Phi) is 4.88. The van der Waals surface area contributed by atoms with Crippen molar-refractivity contribution in [2.24, 2.45) is 5.92 Å². The van der Waals surface area contributed by atoms with Crippen molar-refractivity contribution in [3.05, 3.63) is 11.9 Å². The molecule has 3 nitrogen and oxygen atoms in total. The van der Waals surface area contributed by atoms with Crippen LogP contribution in [-0.4, -0.2) is 22.3 Å². The molecule has 0 saturated heterocycles. The number of nitrogens with one attached hydrogen (secondary N) is 1. The van der Waals surface area contributed by atoms with E-state index in [2.05, 4.69) is 43.0 Å². The van der Waals surface area contributed by atoms with Crippen LogP contribution >= 0.6 is 11.8 Å². The zero-order valence-electron chi connectivity index (χ0n) is 9.87. The first kappa shape index (κ1) is 12.3. The molecule has 0 aliphatic heterocycles. The lowest BCUT2D eigenvalue weighted by molar-refractivity contribution is 0.749. The number of rotatable bonds is 5. The monoisotopic (exact) mass is 225 g/mol. The molecule has 84 valence electrons. The van der Waals surface area contributed by atoms with Gasteiger partial charge in [0, 0.05) is 17.9 Å². The molecule has 0 bridgehead atoms. The van der Waals surface area contributed by atoms with Crippen LogP contribution in [0, 0.1) is 12.8 Å². The van der Waals surface area contributed by atoms with Crippen LogP contribution in [0.15, 0.2) is 11.4 Å². The van der Waals surface area contributed by atoms with Crippen molar-refractivity contribution in [3.63, 3.8) is 0 Å². The molecule has 0 saturated carbocycles. The van der Waals surface area contributed by atoms with Gasteiger partial charge in [-0.15, -0.1) is 11.8 Å². The van der Waals surface area contributed by atoms with E-state index in [-0.39, 0.29) is 0 Å². The van der Waals surface area contributed by atoms with Gasteiger partial charge < -0.3 is 5.32 Å². The van der Waals surface area contributed by atoms with Crippen LogP contribution in [0.25, 0.3) is 0 Å². The molecule has 4 heteroatoms. The van der Waals surface area contributed by atoms with Gasteiger partial charge >= 0.3 is 0 Å². The number of aromatic nitrogens is 2. The van der Waals surface area contributed by atoms with Crippen LogP contribution < -0.4 is 5.32 Å². The van der Waals surface area contributed by atoms with Crippen LogP contribution in [-0.2, 0) is 0 Å². The van der Waals surface area contributed by atoms with Crippen LogP contribution in [0.1, 0.15) is 26.3 Å². The van der Waals surface area contributed by atoms with E-state index in [9.17, 15) is 0 Å². The summed E-state index contributed by atoms with van der Waals surface area (Å²) in [5.41, 5.74) is 1.16. The summed E-state index contributed by atoms with van der Waals surface area (Å²) in [6, 6.07) is 0. The Labute approximate surface area is 96.1 Å². The molecule has 0 radical (unpaired) electrons. The summed E-state index contributed by atoms with van der Waals surface area (Å²) in [5.74, 6) is 2.74. The van der Waals surface area contributed by atoms with Gasteiger partial charge in [0.25, 0.3) is 0 Å². The standard InChI is InChI=1S/C11H19N3S/c1-5-12-10-9(4)11(14-7-13-10)15-6-8(2)3/h7-8H,5-6H2,1-4H3,(H,12,13,14). The third kappa shape index (κ3) is 3.70. The van der Waals surface area contributed by atoms with E-state index < -0.39 is 0 Å². The summed E-state index contributed by atoms with van der Waals surface area (Å²) in [4.78, 5) is 8.53. The van der Waals surface area contributed by atoms with Crippen molar-refractivity contribution in [3.8, 4) is 0 Å². The molecular weight excluding hydrogens is 206 g/mol. The van der Waals surface area contributed by atoms with E-state index in [1.165, 1.54) is 0 Å². The second-order valence-corrected chi connectivity index (χ2v) is 4.90. The first-order chi connectivity index (χ1) is 7.15. The first-order valence-electron chi connectivity index (χ1n) is 5.33. The molecule has 1 N–H and O–H groups in total. The van der Waals surface area contributed by atoms with E-state index in [4.69, 9.17) is 0 Å². The molecule has 15 heavy (non-hydrogen) atoms. The number of nitrogens with zero attached hydrogens (tertiary/aromatic N) is 2. The molecule has 0 aromatic carbocycles. The summed E-state index contributed by atoms with van der Waals surface area (Å²) in [5, 5.41) is 4.33. The lowest BCUT2D eigenvalue weighted by atomic mass is 10.3. The highest BCUT2D eigenvalue weighted by Gasteiger charge is 2.07. The fraction of sp³-hybridized carbons (Fsp3) is 0.636. The van der Waals surface area contributed by atoms with Crippen molar-refractivity contribution in [1.29, 1.82) is 0 Å². The molecule has 0 aliphatic rings. The van der Waals surface area contributed by atoms with Crippen LogP contribution in [0.4, 0.5) is 5.82 Å². The zero-order chi connectivity index (χ0) is 11.3. The van der Waals surface area contributed by atoms with Gasteiger partial charge in [0.1, 0.15) is 17.2 Å². The Morgan fingerprint density at radius 3 is 2.73 bits per heavy atom. The molecule has 0 aliphatic carbocycles. The quantitative estimate of drug-likeness (QED) is 0.617. The van der Waals surface area contributed by atoms with Gasteiger partial charge in [0.15, 0.2) is 0 Å². The predicted molar refractivity (Wildman–Crippen MR) is 66.5 cm³/mol. The number of hydrogen-bond acceptors (Lipinski definition) is 4. The molecule has 1 rings (SSSR count). The fourth-order valence-corrected chi connectivity index (χ4v) is 2.10. The van der Waals surface area contributed by atoms with Crippen LogP contribution in [0.5, 0.6) is 0 Å². The zero-order valence-corrected chi connectivity index (χ0v) is 10.7. The van der Waals surface area contributed by atoms with E-state index in [0.717, 1.165) is 28.7 Å². The Morgan fingerprint density at radius 2 is 2.13 bits per heavy atom. The van der Waals surface area contributed by atoms with Gasteiger partial charge in [-0.05, 0) is 19.8 Å². The lowest BCUT2D eigenvalue weighted by Gasteiger charge is -2.10. The average molecular weight is 225 g/mol. The van der Waals surface area contributed by atoms with E-state index >= 15 is 0 Å². The number of hydrogen-bond donors (Lipinski definition) is 1. The number of thioether (sulfide) groups is 1. The Hall–Kier alpha value is -0.770. The molecule has 1 aromatic rings. The van der Waals surface area contributed by atoms with Gasteiger partial charge in [-0.2, -0.15) is 0 Å². The third-order valence-electron chi connectivity index (χ3n) is 1.94. The van der Waals surface area contributed by atoms with Gasteiger partial charge in [0.05, 0.1) is 0 Å². The maximum absolute atomic E-state index is 4.30. The van der Waals surface area contributed by atoms with Crippen LogP contribution in [0.2, 0.25) is 0 Å². The van der Waals surface area contributed by atoms with Crippen molar-refractivity contribution in [1.82, 2.24) is 9.97 Å². The van der Waals surface area contributed by atoms with Gasteiger partial charge in [-0.25, -0.2) is 9.97 Å². The second kappa shape index (κ2) is 5.95. The van der Waals surface area contributed by atoms with Crippen LogP contribution in [0.3, 0.4) is 0 Å². The summed E-state index contributed by atoms with van der Waals surface area (Å²) in [6.07, 6.45) is 1.63. The highest BCUT2D eigenvalue weighted by atomic mass is 32.2. The smallest absolute Gasteiger partial charge is 0.133 e. The molecule has 1 heterocycles. The van der Waals surface area contributed by atoms with E-state index in [1.807, 2.05) is 0 Å². The highest BCUT2D eigenvalue weighted by Crippen LogP contribution is 2.25. The van der Waals surface area contributed by atoms with Crippen molar-refractivity contribution in [2.75, 3.05) is 17.6 Å². The lowest BCUT2D eigenvalue weighted by Crippen LogP contribution is -2.04. The molecule has 1 aromatic heterocycles. The largest absolute Gasteiger partial charge is 0.370 e. The topological polar surface area (TPSA) is 37.8 Å². The van der Waals surface area contributed by atoms with Crippen molar-refractivity contribution in [2.45, 2.75) is 32.7 Å². The Bertz CT molecular complexity index is 313. The Balaban J connectivity index is 2.75. The minimum Gasteiger partial charge on any atom is -0.370 e. The predicted octanol–water partition coefficient (Wildman–Crippen LogP) is 2.96. The summed E-state index contributed by atoms with van der Waals surface area (Å²) in [7, 11) is 0. The maximum Gasteiger partial charge on any atom is 0.133 e. The molecule has 0 unspecified atom stereocenters. The minimum absolute atomic E-state index is 0.687. The average Bonchev–Trinajstić information content (AvgIpc) is 2.19. The van der Waals surface area contributed by atoms with Crippen molar-refractivity contribution >= 4 is 17.6 Å². The maximum atomic E-state index is 4.30. The van der Waals surface area contributed by atoms with Gasteiger partial charge in [-0.1, -0.05) is 13.8 Å². The van der Waals surface area contributed by atoms with Gasteiger partial charge in [0.2, 0.25) is 0 Å².